The van der Waals surface area contributed by atoms with Crippen molar-refractivity contribution < 1.29 is 19.1 Å². The van der Waals surface area contributed by atoms with Crippen LogP contribution in [-0.2, 0) is 9.53 Å². The molecular weight excluding hydrogens is 486 g/mol. The van der Waals surface area contributed by atoms with Gasteiger partial charge in [-0.05, 0) is 88.7 Å². The van der Waals surface area contributed by atoms with Crippen molar-refractivity contribution in [3.8, 4) is 5.75 Å². The first kappa shape index (κ1) is 27.1. The minimum absolute atomic E-state index is 0.0612. The van der Waals surface area contributed by atoms with E-state index in [2.05, 4.69) is 20.3 Å². The SMILES string of the molecule is CC(C)(C)OC(=O)C(N)c1ccc(C(=O)n2nc(Nc3ccc(OCCN4CCCC4)cc3)nc2N)cc1. The van der Waals surface area contributed by atoms with E-state index in [1.807, 2.05) is 24.3 Å². The van der Waals surface area contributed by atoms with Crippen molar-refractivity contribution >= 4 is 29.5 Å². The van der Waals surface area contributed by atoms with Gasteiger partial charge in [-0.15, -0.1) is 5.10 Å². The molecule has 1 unspecified atom stereocenters. The zero-order valence-electron chi connectivity index (χ0n) is 22.0. The van der Waals surface area contributed by atoms with E-state index in [0.717, 1.165) is 35.8 Å². The van der Waals surface area contributed by atoms with Gasteiger partial charge >= 0.3 is 5.97 Å². The standard InChI is InChI=1S/C27H35N7O4/c1-27(2,3)38-24(36)22(28)18-6-8-19(9-7-18)23(35)34-25(29)31-26(32-34)30-20-10-12-21(13-11-20)37-17-16-33-14-4-5-15-33/h6-13,22H,4-5,14-17,28H2,1-3H3,(H3,29,30,31,32). The average Bonchev–Trinajstić information content (AvgIpc) is 3.53. The molecule has 0 radical (unpaired) electrons. The molecule has 1 saturated heterocycles. The first-order valence-corrected chi connectivity index (χ1v) is 12.7. The molecule has 0 amide bonds. The minimum atomic E-state index is -0.965. The summed E-state index contributed by atoms with van der Waals surface area (Å²) in [7, 11) is 0. The molecule has 11 heteroatoms. The Morgan fingerprint density at radius 1 is 1.05 bits per heavy atom. The molecule has 0 saturated carbocycles. The van der Waals surface area contributed by atoms with Crippen LogP contribution in [0.15, 0.2) is 48.5 Å². The average molecular weight is 522 g/mol. The summed E-state index contributed by atoms with van der Waals surface area (Å²) >= 11 is 0. The van der Waals surface area contributed by atoms with Gasteiger partial charge in [-0.1, -0.05) is 12.1 Å². The minimum Gasteiger partial charge on any atom is -0.492 e. The van der Waals surface area contributed by atoms with Gasteiger partial charge < -0.3 is 26.3 Å². The number of nitrogen functional groups attached to an aromatic ring is 1. The van der Waals surface area contributed by atoms with Gasteiger partial charge in [0.2, 0.25) is 11.9 Å². The largest absolute Gasteiger partial charge is 0.492 e. The van der Waals surface area contributed by atoms with E-state index in [1.165, 1.54) is 12.8 Å². The molecule has 1 atom stereocenters. The third-order valence-corrected chi connectivity index (χ3v) is 5.99. The number of carbonyl (C=O) groups excluding carboxylic acids is 2. The Kier molecular flexibility index (Phi) is 8.28. The summed E-state index contributed by atoms with van der Waals surface area (Å²) in [6.45, 7) is 9.17. The van der Waals surface area contributed by atoms with Crippen LogP contribution in [0.3, 0.4) is 0 Å². The van der Waals surface area contributed by atoms with Crippen LogP contribution >= 0.6 is 0 Å². The maximum absolute atomic E-state index is 13.0. The fourth-order valence-electron chi connectivity index (χ4n) is 4.05. The number of ether oxygens (including phenoxy) is 2. The number of benzene rings is 2. The second-order valence-electron chi connectivity index (χ2n) is 10.2. The van der Waals surface area contributed by atoms with Crippen molar-refractivity contribution in [2.45, 2.75) is 45.3 Å². The number of nitrogens with two attached hydrogens (primary N) is 2. The number of nitrogens with zero attached hydrogens (tertiary/aromatic N) is 4. The summed E-state index contributed by atoms with van der Waals surface area (Å²) in [6, 6.07) is 12.8. The van der Waals surface area contributed by atoms with Gasteiger partial charge in [-0.25, -0.2) is 4.79 Å². The van der Waals surface area contributed by atoms with E-state index in [4.69, 9.17) is 20.9 Å². The van der Waals surface area contributed by atoms with E-state index in [9.17, 15) is 9.59 Å². The zero-order valence-corrected chi connectivity index (χ0v) is 22.0. The van der Waals surface area contributed by atoms with E-state index in [1.54, 1.807) is 45.0 Å². The van der Waals surface area contributed by atoms with Crippen LogP contribution in [0.5, 0.6) is 5.75 Å². The third kappa shape index (κ3) is 7.08. The van der Waals surface area contributed by atoms with E-state index in [0.29, 0.717) is 17.7 Å². The zero-order chi connectivity index (χ0) is 27.3. The molecule has 2 heterocycles. The van der Waals surface area contributed by atoms with Crippen LogP contribution in [0.25, 0.3) is 0 Å². The van der Waals surface area contributed by atoms with Crippen LogP contribution in [0, 0.1) is 0 Å². The lowest BCUT2D eigenvalue weighted by Gasteiger charge is -2.22. The van der Waals surface area contributed by atoms with Crippen molar-refractivity contribution in [1.29, 1.82) is 0 Å². The fourth-order valence-corrected chi connectivity index (χ4v) is 4.05. The van der Waals surface area contributed by atoms with Crippen LogP contribution < -0.4 is 21.5 Å². The summed E-state index contributed by atoms with van der Waals surface area (Å²) in [6.07, 6.45) is 2.52. The molecule has 1 fully saturated rings. The molecule has 202 valence electrons. The first-order valence-electron chi connectivity index (χ1n) is 12.7. The Morgan fingerprint density at radius 2 is 1.71 bits per heavy atom. The third-order valence-electron chi connectivity index (χ3n) is 5.99. The number of hydrogen-bond donors (Lipinski definition) is 3. The summed E-state index contributed by atoms with van der Waals surface area (Å²) in [5.74, 6) is -0.120. The van der Waals surface area contributed by atoms with E-state index >= 15 is 0 Å². The summed E-state index contributed by atoms with van der Waals surface area (Å²) < 4.78 is 12.2. The van der Waals surface area contributed by atoms with Crippen molar-refractivity contribution in [1.82, 2.24) is 19.7 Å². The number of nitrogens with one attached hydrogen (secondary N) is 1. The fraction of sp³-hybridized carbons (Fsp3) is 0.407. The summed E-state index contributed by atoms with van der Waals surface area (Å²) in [5.41, 5.74) is 12.9. The molecule has 38 heavy (non-hydrogen) atoms. The second-order valence-corrected chi connectivity index (χ2v) is 10.2. The smallest absolute Gasteiger partial charge is 0.328 e. The predicted molar refractivity (Wildman–Crippen MR) is 144 cm³/mol. The van der Waals surface area contributed by atoms with Crippen molar-refractivity contribution in [2.24, 2.45) is 5.73 Å². The van der Waals surface area contributed by atoms with Gasteiger partial charge in [0.1, 0.15) is 24.0 Å². The van der Waals surface area contributed by atoms with Crippen molar-refractivity contribution in [2.75, 3.05) is 37.3 Å². The molecule has 5 N–H and O–H groups in total. The Hall–Kier alpha value is -3.96. The number of anilines is 3. The first-order chi connectivity index (χ1) is 18.1. The number of aromatic nitrogens is 3. The highest BCUT2D eigenvalue weighted by atomic mass is 16.6. The number of hydrogen-bond acceptors (Lipinski definition) is 10. The highest BCUT2D eigenvalue weighted by Gasteiger charge is 2.24. The number of rotatable bonds is 9. The highest BCUT2D eigenvalue weighted by Crippen LogP contribution is 2.21. The molecule has 0 aliphatic carbocycles. The molecule has 1 aromatic heterocycles. The monoisotopic (exact) mass is 521 g/mol. The van der Waals surface area contributed by atoms with Crippen LogP contribution in [0.1, 0.15) is 55.6 Å². The van der Waals surface area contributed by atoms with Gasteiger partial charge in [0.05, 0.1) is 0 Å². The van der Waals surface area contributed by atoms with E-state index < -0.39 is 23.5 Å². The molecular formula is C27H35N7O4. The Bertz CT molecular complexity index is 1240. The van der Waals surface area contributed by atoms with Crippen molar-refractivity contribution in [3.63, 3.8) is 0 Å². The second kappa shape index (κ2) is 11.6. The lowest BCUT2D eigenvalue weighted by Crippen LogP contribution is -2.31. The Balaban J connectivity index is 1.34. The Morgan fingerprint density at radius 3 is 2.34 bits per heavy atom. The molecule has 4 rings (SSSR count). The van der Waals surface area contributed by atoms with Crippen LogP contribution in [-0.4, -0.2) is 63.4 Å². The van der Waals surface area contributed by atoms with Gasteiger partial charge in [-0.3, -0.25) is 9.69 Å². The molecule has 1 aliphatic rings. The number of carbonyl (C=O) groups is 2. The Labute approximate surface area is 222 Å². The van der Waals surface area contributed by atoms with Crippen LogP contribution in [0.4, 0.5) is 17.6 Å². The summed E-state index contributed by atoms with van der Waals surface area (Å²) in [4.78, 5) is 31.8. The molecule has 1 aliphatic heterocycles. The quantitative estimate of drug-likeness (QED) is 0.358. The molecule has 0 bridgehead atoms. The molecule has 3 aromatic rings. The summed E-state index contributed by atoms with van der Waals surface area (Å²) in [5, 5.41) is 7.26. The molecule has 11 nitrogen and oxygen atoms in total. The number of esters is 1. The predicted octanol–water partition coefficient (Wildman–Crippen LogP) is 3.11. The van der Waals surface area contributed by atoms with Gasteiger partial charge in [0.25, 0.3) is 5.91 Å². The van der Waals surface area contributed by atoms with Gasteiger partial charge in [0.15, 0.2) is 0 Å². The normalized spacial score (nSPS) is 14.7. The van der Waals surface area contributed by atoms with E-state index in [-0.39, 0.29) is 11.9 Å². The number of likely N-dealkylation sites (tertiary alicyclic amines) is 1. The van der Waals surface area contributed by atoms with Gasteiger partial charge in [-0.2, -0.15) is 9.67 Å². The molecule has 2 aromatic carbocycles. The van der Waals surface area contributed by atoms with Crippen molar-refractivity contribution in [3.05, 3.63) is 59.7 Å². The van der Waals surface area contributed by atoms with Gasteiger partial charge in [0, 0.05) is 17.8 Å². The lowest BCUT2D eigenvalue weighted by molar-refractivity contribution is -0.156. The maximum atomic E-state index is 13.0. The maximum Gasteiger partial charge on any atom is 0.328 e. The van der Waals surface area contributed by atoms with Crippen LogP contribution in [0.2, 0.25) is 0 Å². The molecule has 0 spiro atoms. The highest BCUT2D eigenvalue weighted by molar-refractivity contribution is 5.97. The topological polar surface area (TPSA) is 151 Å². The lowest BCUT2D eigenvalue weighted by atomic mass is 10.0.